The van der Waals surface area contributed by atoms with Gasteiger partial charge in [0.25, 0.3) is 0 Å². The fraction of sp³-hybridized carbons (Fsp3) is 0.600. The Kier molecular flexibility index (Phi) is 3.62. The third-order valence-corrected chi connectivity index (χ3v) is 0.878. The zero-order chi connectivity index (χ0) is 7.28. The Balaban J connectivity index is 0.000000291. The summed E-state index contributed by atoms with van der Waals surface area (Å²) in [6.07, 6.45) is 0. The molecule has 0 fully saturated rings. The molecule has 0 bridgehead atoms. The number of hydrogen-bond acceptors (Lipinski definition) is 4. The molecule has 1 heterocycles. The van der Waals surface area contributed by atoms with Crippen LogP contribution >= 0.6 is 0 Å². The van der Waals surface area contributed by atoms with Crippen molar-refractivity contribution < 1.29 is 4.52 Å². The number of aromatic nitrogens is 2. The summed E-state index contributed by atoms with van der Waals surface area (Å²) < 4.78 is 4.60. The van der Waals surface area contributed by atoms with Crippen LogP contribution in [0.25, 0.3) is 0 Å². The first-order chi connectivity index (χ1) is 4.30. The highest BCUT2D eigenvalue weighted by Gasteiger charge is 1.93. The summed E-state index contributed by atoms with van der Waals surface area (Å²) in [6, 6.07) is 0. The Bertz CT molecular complexity index is 144. The second-order valence-electron chi connectivity index (χ2n) is 1.41. The van der Waals surface area contributed by atoms with Crippen molar-refractivity contribution in [2.24, 2.45) is 5.73 Å². The van der Waals surface area contributed by atoms with Gasteiger partial charge in [0.05, 0.1) is 0 Å². The molecular formula is C5H11N3O. The quantitative estimate of drug-likeness (QED) is 0.545. The number of aryl methyl sites for hydroxylation is 2. The first kappa shape index (κ1) is 8.10. The van der Waals surface area contributed by atoms with E-state index in [1.807, 2.05) is 13.8 Å². The van der Waals surface area contributed by atoms with Gasteiger partial charge in [0.2, 0.25) is 0 Å². The zero-order valence-electron chi connectivity index (χ0n) is 5.88. The third kappa shape index (κ3) is 2.23. The zero-order valence-corrected chi connectivity index (χ0v) is 5.88. The van der Waals surface area contributed by atoms with Gasteiger partial charge in [-0.2, -0.15) is 0 Å². The van der Waals surface area contributed by atoms with Crippen molar-refractivity contribution in [1.82, 2.24) is 10.4 Å². The average molecular weight is 129 g/mol. The molecule has 0 aliphatic heterocycles. The van der Waals surface area contributed by atoms with E-state index in [-0.39, 0.29) is 0 Å². The Morgan fingerprint density at radius 1 is 1.33 bits per heavy atom. The summed E-state index contributed by atoms with van der Waals surface area (Å²) in [7, 11) is 1.50. The smallest absolute Gasteiger partial charge is 0.156 e. The van der Waals surface area contributed by atoms with Gasteiger partial charge in [-0.25, -0.2) is 0 Å². The van der Waals surface area contributed by atoms with Crippen LogP contribution in [-0.4, -0.2) is 17.4 Å². The lowest BCUT2D eigenvalue weighted by Gasteiger charge is -1.72. The average Bonchev–Trinajstić information content (AvgIpc) is 2.23. The molecule has 0 amide bonds. The lowest BCUT2D eigenvalue weighted by molar-refractivity contribution is 0.373. The molecule has 0 aliphatic carbocycles. The van der Waals surface area contributed by atoms with Gasteiger partial charge in [0.1, 0.15) is 5.69 Å². The highest BCUT2D eigenvalue weighted by atomic mass is 16.5. The van der Waals surface area contributed by atoms with Gasteiger partial charge in [-0.1, -0.05) is 0 Å². The van der Waals surface area contributed by atoms with Gasteiger partial charge in [0.15, 0.2) is 5.76 Å². The number of nitrogens with two attached hydrogens (primary N) is 1. The molecule has 0 aromatic carbocycles. The lowest BCUT2D eigenvalue weighted by atomic mass is 10.4. The summed E-state index contributed by atoms with van der Waals surface area (Å²) in [6.45, 7) is 3.68. The predicted octanol–water partition coefficient (Wildman–Crippen LogP) is 0.261. The molecule has 1 rings (SSSR count). The molecule has 0 saturated heterocycles. The molecule has 0 spiro atoms. The van der Waals surface area contributed by atoms with Crippen molar-refractivity contribution in [3.05, 3.63) is 11.5 Å². The van der Waals surface area contributed by atoms with Crippen molar-refractivity contribution in [3.63, 3.8) is 0 Å². The summed E-state index contributed by atoms with van der Waals surface area (Å²) in [5.41, 5.74) is 5.36. The number of rotatable bonds is 0. The summed E-state index contributed by atoms with van der Waals surface area (Å²) >= 11 is 0. The van der Waals surface area contributed by atoms with Crippen LogP contribution in [0.5, 0.6) is 0 Å². The van der Waals surface area contributed by atoms with Crippen LogP contribution in [0, 0.1) is 13.8 Å². The van der Waals surface area contributed by atoms with E-state index in [4.69, 9.17) is 0 Å². The molecule has 4 heteroatoms. The van der Waals surface area contributed by atoms with Crippen molar-refractivity contribution in [2.75, 3.05) is 7.05 Å². The molecular weight excluding hydrogens is 118 g/mol. The predicted molar refractivity (Wildman–Crippen MR) is 33.9 cm³/mol. The van der Waals surface area contributed by atoms with Crippen molar-refractivity contribution in [3.8, 4) is 0 Å². The molecule has 0 saturated carbocycles. The monoisotopic (exact) mass is 129 g/mol. The SMILES string of the molecule is CN.Cc1nnoc1C. The minimum Gasteiger partial charge on any atom is -0.342 e. The first-order valence-electron chi connectivity index (χ1n) is 2.64. The Morgan fingerprint density at radius 2 is 1.89 bits per heavy atom. The maximum absolute atomic E-state index is 4.60. The van der Waals surface area contributed by atoms with Crippen LogP contribution in [0.3, 0.4) is 0 Å². The van der Waals surface area contributed by atoms with E-state index in [0.29, 0.717) is 0 Å². The minimum absolute atomic E-state index is 0.792. The van der Waals surface area contributed by atoms with E-state index in [9.17, 15) is 0 Å². The van der Waals surface area contributed by atoms with Crippen LogP contribution in [0.15, 0.2) is 4.52 Å². The molecule has 0 aliphatic rings. The summed E-state index contributed by atoms with van der Waals surface area (Å²) in [4.78, 5) is 0. The number of hydrogen-bond donors (Lipinski definition) is 1. The van der Waals surface area contributed by atoms with Crippen LogP contribution < -0.4 is 5.73 Å². The second kappa shape index (κ2) is 4.03. The fourth-order valence-corrected chi connectivity index (χ4v) is 0.279. The molecule has 0 atom stereocenters. The van der Waals surface area contributed by atoms with Crippen molar-refractivity contribution >= 4 is 0 Å². The molecule has 1 aromatic rings. The van der Waals surface area contributed by atoms with Gasteiger partial charge in [-0.15, -0.1) is 5.10 Å². The first-order valence-corrected chi connectivity index (χ1v) is 2.64. The van der Waals surface area contributed by atoms with Crippen molar-refractivity contribution in [2.45, 2.75) is 13.8 Å². The highest BCUT2D eigenvalue weighted by Crippen LogP contribution is 1.96. The maximum atomic E-state index is 4.60. The molecule has 52 valence electrons. The minimum atomic E-state index is 0.792. The van der Waals surface area contributed by atoms with E-state index < -0.39 is 0 Å². The van der Waals surface area contributed by atoms with Crippen LogP contribution in [0.4, 0.5) is 0 Å². The van der Waals surface area contributed by atoms with Gasteiger partial charge >= 0.3 is 0 Å². The van der Waals surface area contributed by atoms with E-state index >= 15 is 0 Å². The summed E-state index contributed by atoms with van der Waals surface area (Å²) in [5, 5.41) is 6.90. The number of nitrogens with zero attached hydrogens (tertiary/aromatic N) is 2. The van der Waals surface area contributed by atoms with Crippen LogP contribution in [0.2, 0.25) is 0 Å². The van der Waals surface area contributed by atoms with Crippen molar-refractivity contribution in [1.29, 1.82) is 0 Å². The molecule has 9 heavy (non-hydrogen) atoms. The third-order valence-electron chi connectivity index (χ3n) is 0.878. The molecule has 2 N–H and O–H groups in total. The normalized spacial score (nSPS) is 8.00. The van der Waals surface area contributed by atoms with Crippen LogP contribution in [-0.2, 0) is 0 Å². The van der Waals surface area contributed by atoms with Gasteiger partial charge < -0.3 is 10.3 Å². The maximum Gasteiger partial charge on any atom is 0.156 e. The second-order valence-corrected chi connectivity index (χ2v) is 1.41. The lowest BCUT2D eigenvalue weighted by Crippen LogP contribution is -1.70. The topological polar surface area (TPSA) is 64.9 Å². The molecule has 4 nitrogen and oxygen atoms in total. The van der Waals surface area contributed by atoms with Gasteiger partial charge in [0, 0.05) is 5.27 Å². The Hall–Kier alpha value is -0.900. The Labute approximate surface area is 54.0 Å². The molecule has 1 aromatic heterocycles. The van der Waals surface area contributed by atoms with E-state index in [1.165, 1.54) is 7.05 Å². The Morgan fingerprint density at radius 3 is 2.00 bits per heavy atom. The van der Waals surface area contributed by atoms with Gasteiger partial charge in [-0.3, -0.25) is 0 Å². The highest BCUT2D eigenvalue weighted by molar-refractivity contribution is 4.97. The van der Waals surface area contributed by atoms with Crippen LogP contribution in [0.1, 0.15) is 11.5 Å². The fourth-order valence-electron chi connectivity index (χ4n) is 0.279. The van der Waals surface area contributed by atoms with E-state index in [0.717, 1.165) is 11.5 Å². The van der Waals surface area contributed by atoms with Gasteiger partial charge in [-0.05, 0) is 20.9 Å². The molecule has 0 radical (unpaired) electrons. The van der Waals surface area contributed by atoms with E-state index in [1.54, 1.807) is 0 Å². The summed E-state index contributed by atoms with van der Waals surface area (Å²) in [5.74, 6) is 0.792. The van der Waals surface area contributed by atoms with E-state index in [2.05, 4.69) is 20.6 Å². The largest absolute Gasteiger partial charge is 0.342 e. The molecule has 0 unspecified atom stereocenters. The standard InChI is InChI=1S/C4H6N2O.CH5N/c1-3-4(2)7-6-5-3;1-2/h1-2H3;2H2,1H3.